The van der Waals surface area contributed by atoms with E-state index in [1.807, 2.05) is 0 Å². The molecule has 12 N–H and O–H groups in total. The number of rotatable bonds is 10. The SMILES string of the molecule is O=C(O)[C@H](O)[C@@H](O)[C@H](O)[C@H](O)CO.O=C(O)[C@H](O)[C@@H](O)[C@H](O)[C@H](O)CO.[Ca+2].[K+]. The zero-order chi connectivity index (χ0) is 21.2. The van der Waals surface area contributed by atoms with Crippen LogP contribution in [0, 0.1) is 0 Å². The molecule has 0 saturated heterocycles. The van der Waals surface area contributed by atoms with Gasteiger partial charge in [-0.1, -0.05) is 0 Å². The van der Waals surface area contributed by atoms with Gasteiger partial charge < -0.3 is 61.3 Å². The Morgan fingerprint density at radius 3 is 0.929 bits per heavy atom. The fourth-order valence-electron chi connectivity index (χ4n) is 1.34. The molecule has 14 nitrogen and oxygen atoms in total. The van der Waals surface area contributed by atoms with Crippen molar-refractivity contribution in [2.75, 3.05) is 13.2 Å². The molecule has 0 spiro atoms. The first-order chi connectivity index (χ1) is 11.8. The summed E-state index contributed by atoms with van der Waals surface area (Å²) < 4.78 is 0. The van der Waals surface area contributed by atoms with Crippen molar-refractivity contribution in [1.82, 2.24) is 0 Å². The van der Waals surface area contributed by atoms with E-state index in [2.05, 4.69) is 0 Å². The minimum absolute atomic E-state index is 0. The molecule has 8 atom stereocenters. The van der Waals surface area contributed by atoms with E-state index in [1.165, 1.54) is 0 Å². The fourth-order valence-corrected chi connectivity index (χ4v) is 1.34. The van der Waals surface area contributed by atoms with E-state index < -0.39 is 74.0 Å². The molecule has 0 aromatic carbocycles. The molecular weight excluding hydrogens is 447 g/mol. The quantitative estimate of drug-likeness (QED) is 0.132. The molecule has 16 heteroatoms. The van der Waals surface area contributed by atoms with Crippen LogP contribution in [0.1, 0.15) is 0 Å². The predicted molar refractivity (Wildman–Crippen MR) is 83.3 cm³/mol. The number of hydrogen-bond acceptors (Lipinski definition) is 12. The summed E-state index contributed by atoms with van der Waals surface area (Å²) >= 11 is 0. The molecule has 156 valence electrons. The van der Waals surface area contributed by atoms with Crippen LogP contribution in [0.25, 0.3) is 0 Å². The first-order valence-electron chi connectivity index (χ1n) is 6.95. The van der Waals surface area contributed by atoms with Crippen LogP contribution in [0.4, 0.5) is 0 Å². The van der Waals surface area contributed by atoms with Crippen LogP contribution in [0.3, 0.4) is 0 Å². The Bertz CT molecular complexity index is 391. The molecule has 0 aliphatic heterocycles. The third-order valence-corrected chi connectivity index (χ3v) is 3.02. The van der Waals surface area contributed by atoms with Crippen LogP contribution in [-0.2, 0) is 9.59 Å². The molecule has 0 aromatic rings. The summed E-state index contributed by atoms with van der Waals surface area (Å²) in [5.74, 6) is -3.45. The van der Waals surface area contributed by atoms with Crippen molar-refractivity contribution in [3.63, 3.8) is 0 Å². The monoisotopic (exact) mass is 471 g/mol. The first kappa shape index (κ1) is 36.8. The van der Waals surface area contributed by atoms with Crippen molar-refractivity contribution in [3.8, 4) is 0 Å². The van der Waals surface area contributed by atoms with E-state index >= 15 is 0 Å². The van der Waals surface area contributed by atoms with Crippen LogP contribution in [-0.4, -0.2) is 173 Å². The van der Waals surface area contributed by atoms with Gasteiger partial charge in [0.15, 0.2) is 12.2 Å². The van der Waals surface area contributed by atoms with Gasteiger partial charge in [-0.05, 0) is 0 Å². The van der Waals surface area contributed by atoms with Gasteiger partial charge in [0.1, 0.15) is 36.6 Å². The molecule has 0 rings (SSSR count). The predicted octanol–water partition coefficient (Wildman–Crippen LogP) is -10.4. The van der Waals surface area contributed by atoms with Crippen LogP contribution in [0.5, 0.6) is 0 Å². The van der Waals surface area contributed by atoms with Crippen LogP contribution in [0.2, 0.25) is 0 Å². The maximum absolute atomic E-state index is 10.1. The molecule has 0 aromatic heterocycles. The Morgan fingerprint density at radius 1 is 0.571 bits per heavy atom. The van der Waals surface area contributed by atoms with Crippen molar-refractivity contribution in [2.45, 2.75) is 48.8 Å². The fraction of sp³-hybridized carbons (Fsp3) is 0.833. The summed E-state index contributed by atoms with van der Waals surface area (Å²) in [6.07, 6.45) is -15.7. The average molecular weight is 471 g/mol. The van der Waals surface area contributed by atoms with Crippen molar-refractivity contribution in [1.29, 1.82) is 0 Å². The van der Waals surface area contributed by atoms with Gasteiger partial charge in [-0.25, -0.2) is 9.59 Å². The zero-order valence-corrected chi connectivity index (χ0v) is 20.3. The summed E-state index contributed by atoms with van der Waals surface area (Å²) in [5.41, 5.74) is 0. The second-order valence-corrected chi connectivity index (χ2v) is 5.03. The van der Waals surface area contributed by atoms with E-state index in [4.69, 9.17) is 61.3 Å². The van der Waals surface area contributed by atoms with Gasteiger partial charge in [0.25, 0.3) is 0 Å². The second-order valence-electron chi connectivity index (χ2n) is 5.03. The van der Waals surface area contributed by atoms with E-state index in [1.54, 1.807) is 0 Å². The van der Waals surface area contributed by atoms with E-state index in [9.17, 15) is 9.59 Å². The van der Waals surface area contributed by atoms with Gasteiger partial charge in [0.05, 0.1) is 13.2 Å². The molecule has 0 amide bonds. The summed E-state index contributed by atoms with van der Waals surface area (Å²) in [4.78, 5) is 20.2. The molecular formula is C12H24CaKO14+3. The van der Waals surface area contributed by atoms with E-state index in [0.29, 0.717) is 0 Å². The summed E-state index contributed by atoms with van der Waals surface area (Å²) in [6, 6.07) is 0. The van der Waals surface area contributed by atoms with Gasteiger partial charge in [0, 0.05) is 0 Å². The molecule has 0 aliphatic carbocycles. The maximum atomic E-state index is 10.1. The summed E-state index contributed by atoms with van der Waals surface area (Å²) in [5, 5.41) is 104. The number of carbonyl (C=O) groups is 2. The smallest absolute Gasteiger partial charge is 0.479 e. The Hall–Kier alpha value is 1.44. The number of aliphatic hydroxyl groups excluding tert-OH is 10. The molecule has 0 saturated carbocycles. The zero-order valence-electron chi connectivity index (χ0n) is 14.9. The summed E-state index contributed by atoms with van der Waals surface area (Å²) in [7, 11) is 0. The molecule has 0 heterocycles. The van der Waals surface area contributed by atoms with Crippen molar-refractivity contribution >= 4 is 49.7 Å². The molecule has 0 radical (unpaired) electrons. The molecule has 0 fully saturated rings. The topological polar surface area (TPSA) is 277 Å². The normalized spacial score (nSPS) is 18.9. The number of aliphatic carboxylic acids is 2. The van der Waals surface area contributed by atoms with Gasteiger partial charge in [-0.15, -0.1) is 0 Å². The molecule has 0 unspecified atom stereocenters. The van der Waals surface area contributed by atoms with Crippen LogP contribution >= 0.6 is 0 Å². The number of carboxylic acid groups (broad SMARTS) is 2. The van der Waals surface area contributed by atoms with Gasteiger partial charge in [-0.2, -0.15) is 0 Å². The Labute approximate surface area is 231 Å². The third-order valence-electron chi connectivity index (χ3n) is 3.02. The number of aliphatic hydroxyl groups is 10. The minimum Gasteiger partial charge on any atom is -0.479 e. The number of hydrogen-bond donors (Lipinski definition) is 12. The minimum atomic E-state index is -2.20. The third kappa shape index (κ3) is 13.7. The largest absolute Gasteiger partial charge is 2.00 e. The molecule has 0 aliphatic rings. The van der Waals surface area contributed by atoms with E-state index in [0.717, 1.165) is 0 Å². The van der Waals surface area contributed by atoms with Gasteiger partial charge in [-0.3, -0.25) is 0 Å². The van der Waals surface area contributed by atoms with Crippen molar-refractivity contribution in [3.05, 3.63) is 0 Å². The van der Waals surface area contributed by atoms with E-state index in [-0.39, 0.29) is 89.1 Å². The molecule has 28 heavy (non-hydrogen) atoms. The second kappa shape index (κ2) is 19.1. The van der Waals surface area contributed by atoms with Crippen molar-refractivity contribution < 1.29 is 122 Å². The van der Waals surface area contributed by atoms with Crippen LogP contribution < -0.4 is 51.4 Å². The standard InChI is InChI=1S/2C6H12O7.Ca.K/c2*7-1-2(8)3(9)4(10)5(11)6(12)13;;/h2*2-5,7-11H,1H2,(H,12,13);;/q;;+2;+1/t2*2-,3-,4+,5-;;/m11../s1. The maximum Gasteiger partial charge on any atom is 2.00 e. The Morgan fingerprint density at radius 2 is 0.786 bits per heavy atom. The first-order valence-corrected chi connectivity index (χ1v) is 6.95. The average Bonchev–Trinajstić information content (AvgIpc) is 2.62. The van der Waals surface area contributed by atoms with Gasteiger partial charge >= 0.3 is 101 Å². The van der Waals surface area contributed by atoms with Crippen LogP contribution in [0.15, 0.2) is 0 Å². The molecule has 0 bridgehead atoms. The summed E-state index contributed by atoms with van der Waals surface area (Å²) in [6.45, 7) is -1.69. The Kier molecular flexibility index (Phi) is 25.2. The Balaban J connectivity index is -0.000000192. The van der Waals surface area contributed by atoms with Crippen molar-refractivity contribution in [2.24, 2.45) is 0 Å². The number of carboxylic acids is 2. The van der Waals surface area contributed by atoms with Gasteiger partial charge in [0.2, 0.25) is 0 Å².